The average Bonchev–Trinajstić information content (AvgIpc) is 2.76. The fourth-order valence-corrected chi connectivity index (χ4v) is 3.57. The summed E-state index contributed by atoms with van der Waals surface area (Å²) in [6, 6.07) is 1.51. The van der Waals surface area contributed by atoms with E-state index in [2.05, 4.69) is 23.9 Å². The van der Waals surface area contributed by atoms with Crippen molar-refractivity contribution in [1.29, 1.82) is 0 Å². The van der Waals surface area contributed by atoms with Gasteiger partial charge in [-0.05, 0) is 58.8 Å². The van der Waals surface area contributed by atoms with Crippen molar-refractivity contribution in [2.45, 2.75) is 44.2 Å². The zero-order chi connectivity index (χ0) is 11.5. The lowest BCUT2D eigenvalue weighted by atomic mass is 9.98. The van der Waals surface area contributed by atoms with Crippen molar-refractivity contribution in [3.8, 4) is 0 Å². The number of hydrogen-bond acceptors (Lipinski definition) is 3. The topological polar surface area (TPSA) is 32.5 Å². The van der Waals surface area contributed by atoms with Crippen molar-refractivity contribution in [2.75, 3.05) is 33.7 Å². The molecule has 2 rings (SSSR count). The van der Waals surface area contributed by atoms with Crippen LogP contribution in [0, 0.1) is 5.92 Å². The average molecular weight is 225 g/mol. The van der Waals surface area contributed by atoms with Gasteiger partial charge in [0.1, 0.15) is 0 Å². The van der Waals surface area contributed by atoms with Crippen LogP contribution >= 0.6 is 0 Å². The van der Waals surface area contributed by atoms with Crippen LogP contribution in [0.25, 0.3) is 0 Å². The van der Waals surface area contributed by atoms with E-state index in [-0.39, 0.29) is 0 Å². The molecule has 3 nitrogen and oxygen atoms in total. The highest BCUT2D eigenvalue weighted by Gasteiger charge is 2.33. The van der Waals surface area contributed by atoms with Gasteiger partial charge in [0.05, 0.1) is 0 Å². The first kappa shape index (κ1) is 12.3. The van der Waals surface area contributed by atoms with Crippen LogP contribution in [0.15, 0.2) is 0 Å². The third-order valence-corrected chi connectivity index (χ3v) is 4.62. The van der Waals surface area contributed by atoms with Crippen LogP contribution in [0.3, 0.4) is 0 Å². The van der Waals surface area contributed by atoms with E-state index in [1.54, 1.807) is 0 Å². The Morgan fingerprint density at radius 1 is 1.25 bits per heavy atom. The van der Waals surface area contributed by atoms with Gasteiger partial charge in [0.25, 0.3) is 0 Å². The summed E-state index contributed by atoms with van der Waals surface area (Å²) in [6.45, 7) is 3.39. The molecule has 0 aromatic carbocycles. The molecule has 0 aromatic rings. The minimum Gasteiger partial charge on any atom is -0.330 e. The number of piperidine rings is 1. The maximum absolute atomic E-state index is 5.88. The van der Waals surface area contributed by atoms with E-state index >= 15 is 0 Å². The monoisotopic (exact) mass is 225 g/mol. The molecule has 1 aliphatic carbocycles. The molecular formula is C13H27N3. The molecular weight excluding hydrogens is 198 g/mol. The van der Waals surface area contributed by atoms with Crippen molar-refractivity contribution in [3.05, 3.63) is 0 Å². The second-order valence-electron chi connectivity index (χ2n) is 5.72. The van der Waals surface area contributed by atoms with E-state index in [9.17, 15) is 0 Å². The molecule has 2 N–H and O–H groups in total. The van der Waals surface area contributed by atoms with Gasteiger partial charge in [-0.15, -0.1) is 0 Å². The van der Waals surface area contributed by atoms with Gasteiger partial charge >= 0.3 is 0 Å². The number of likely N-dealkylation sites (N-methyl/N-ethyl adjacent to an activating group) is 2. The predicted molar refractivity (Wildman–Crippen MR) is 68.5 cm³/mol. The Kier molecular flexibility index (Phi) is 4.22. The first-order valence-corrected chi connectivity index (χ1v) is 6.83. The first-order chi connectivity index (χ1) is 7.72. The molecule has 16 heavy (non-hydrogen) atoms. The lowest BCUT2D eigenvalue weighted by molar-refractivity contribution is 0.0833. The Hall–Kier alpha value is -0.120. The van der Waals surface area contributed by atoms with E-state index in [0.717, 1.165) is 24.5 Å². The Morgan fingerprint density at radius 2 is 2.06 bits per heavy atom. The molecule has 3 unspecified atom stereocenters. The lowest BCUT2D eigenvalue weighted by Gasteiger charge is -2.40. The summed E-state index contributed by atoms with van der Waals surface area (Å²) in [7, 11) is 4.57. The molecule has 0 radical (unpaired) electrons. The summed E-state index contributed by atoms with van der Waals surface area (Å²) < 4.78 is 0. The van der Waals surface area contributed by atoms with Crippen LogP contribution in [-0.2, 0) is 0 Å². The molecule has 2 fully saturated rings. The highest BCUT2D eigenvalue weighted by atomic mass is 15.2. The predicted octanol–water partition coefficient (Wildman–Crippen LogP) is 1.14. The number of nitrogens with two attached hydrogens (primary N) is 1. The van der Waals surface area contributed by atoms with Crippen LogP contribution in [0.1, 0.15) is 32.1 Å². The van der Waals surface area contributed by atoms with Crippen molar-refractivity contribution in [3.63, 3.8) is 0 Å². The fourth-order valence-electron chi connectivity index (χ4n) is 3.57. The summed E-state index contributed by atoms with van der Waals surface area (Å²) in [5.41, 5.74) is 5.88. The van der Waals surface area contributed by atoms with E-state index in [4.69, 9.17) is 5.73 Å². The zero-order valence-electron chi connectivity index (χ0n) is 10.9. The van der Waals surface area contributed by atoms with Gasteiger partial charge in [0, 0.05) is 18.6 Å². The summed E-state index contributed by atoms with van der Waals surface area (Å²) in [6.07, 6.45) is 6.80. The molecule has 1 saturated heterocycles. The largest absolute Gasteiger partial charge is 0.330 e. The Labute approximate surface area is 100.0 Å². The van der Waals surface area contributed by atoms with Gasteiger partial charge in [-0.1, -0.05) is 6.42 Å². The number of likely N-dealkylation sites (tertiary alicyclic amines) is 1. The summed E-state index contributed by atoms with van der Waals surface area (Å²) in [5.74, 6) is 0.747. The third-order valence-electron chi connectivity index (χ3n) is 4.62. The normalized spacial score (nSPS) is 37.1. The molecule has 0 aromatic heterocycles. The maximum Gasteiger partial charge on any atom is 0.0223 e. The van der Waals surface area contributed by atoms with E-state index < -0.39 is 0 Å². The molecule has 3 heteroatoms. The minimum atomic E-state index is 0.747. The molecule has 0 spiro atoms. The molecule has 2 aliphatic rings. The molecule has 1 aliphatic heterocycles. The summed E-state index contributed by atoms with van der Waals surface area (Å²) in [4.78, 5) is 5.11. The van der Waals surface area contributed by atoms with Crippen LogP contribution < -0.4 is 5.73 Å². The highest BCUT2D eigenvalue weighted by molar-refractivity contribution is 4.89. The van der Waals surface area contributed by atoms with Crippen LogP contribution in [0.5, 0.6) is 0 Å². The lowest BCUT2D eigenvalue weighted by Crippen LogP contribution is -2.50. The van der Waals surface area contributed by atoms with Crippen LogP contribution in [-0.4, -0.2) is 55.6 Å². The summed E-state index contributed by atoms with van der Waals surface area (Å²) >= 11 is 0. The maximum atomic E-state index is 5.88. The molecule has 3 atom stereocenters. The van der Waals surface area contributed by atoms with E-state index in [0.29, 0.717) is 0 Å². The van der Waals surface area contributed by atoms with E-state index in [1.165, 1.54) is 45.2 Å². The molecule has 1 saturated carbocycles. The summed E-state index contributed by atoms with van der Waals surface area (Å²) in [5, 5.41) is 0. The molecule has 1 heterocycles. The zero-order valence-corrected chi connectivity index (χ0v) is 10.9. The standard InChI is InChI=1S/C13H27N3/c1-15-8-4-6-12(10-15)16(2)13-7-3-5-11(13)9-14/h11-13H,3-10,14H2,1-2H3. The first-order valence-electron chi connectivity index (χ1n) is 6.83. The van der Waals surface area contributed by atoms with Gasteiger partial charge in [0.15, 0.2) is 0 Å². The van der Waals surface area contributed by atoms with Crippen LogP contribution in [0.2, 0.25) is 0 Å². The van der Waals surface area contributed by atoms with Crippen molar-refractivity contribution in [1.82, 2.24) is 9.80 Å². The van der Waals surface area contributed by atoms with Crippen molar-refractivity contribution >= 4 is 0 Å². The van der Waals surface area contributed by atoms with Crippen molar-refractivity contribution < 1.29 is 0 Å². The number of nitrogens with zero attached hydrogens (tertiary/aromatic N) is 2. The van der Waals surface area contributed by atoms with Crippen molar-refractivity contribution in [2.24, 2.45) is 11.7 Å². The molecule has 94 valence electrons. The van der Waals surface area contributed by atoms with Crippen LogP contribution in [0.4, 0.5) is 0 Å². The second-order valence-corrected chi connectivity index (χ2v) is 5.72. The van der Waals surface area contributed by atoms with Gasteiger partial charge in [-0.25, -0.2) is 0 Å². The fraction of sp³-hybridized carbons (Fsp3) is 1.00. The smallest absolute Gasteiger partial charge is 0.0223 e. The molecule has 0 bridgehead atoms. The minimum absolute atomic E-state index is 0.747. The number of hydrogen-bond donors (Lipinski definition) is 1. The Bertz CT molecular complexity index is 219. The van der Waals surface area contributed by atoms with Gasteiger partial charge in [-0.2, -0.15) is 0 Å². The van der Waals surface area contributed by atoms with E-state index in [1.807, 2.05) is 0 Å². The second kappa shape index (κ2) is 5.48. The third kappa shape index (κ3) is 2.58. The van der Waals surface area contributed by atoms with Gasteiger partial charge in [0.2, 0.25) is 0 Å². The molecule has 0 amide bonds. The quantitative estimate of drug-likeness (QED) is 0.782. The van der Waals surface area contributed by atoms with Gasteiger partial charge in [-0.3, -0.25) is 4.90 Å². The van der Waals surface area contributed by atoms with Gasteiger partial charge < -0.3 is 10.6 Å². The highest BCUT2D eigenvalue weighted by Crippen LogP contribution is 2.31. The Balaban J connectivity index is 1.92. The number of rotatable bonds is 3. The SMILES string of the molecule is CN1CCCC(N(C)C2CCCC2CN)C1. The Morgan fingerprint density at radius 3 is 2.75 bits per heavy atom.